The fraction of sp³-hybridized carbons (Fsp3) is 0. The van der Waals surface area contributed by atoms with Gasteiger partial charge in [-0.2, -0.15) is 0 Å². The van der Waals surface area contributed by atoms with Crippen molar-refractivity contribution in [3.05, 3.63) is 7.67 Å². The van der Waals surface area contributed by atoms with E-state index in [1.54, 1.807) is 0 Å². The van der Waals surface area contributed by atoms with Gasteiger partial charge in [0.2, 0.25) is 0 Å². The minimum absolute atomic E-state index is 1.16. The van der Waals surface area contributed by atoms with Gasteiger partial charge in [-0.05, 0) is 0 Å². The van der Waals surface area contributed by atoms with Crippen LogP contribution in [0.25, 0.3) is 0 Å². The SMILES string of the molecule is [Cl][In]1[CH]=[CH]1. The number of hydrogen-bond donors (Lipinski definition) is 0. The van der Waals surface area contributed by atoms with Crippen LogP contribution in [-0.4, -0.2) is 20.3 Å². The zero-order valence-electron chi connectivity index (χ0n) is 2.11. The Bertz CT molecular complexity index is 44.0. The van der Waals surface area contributed by atoms with Crippen molar-refractivity contribution in [1.29, 1.82) is 0 Å². The average molecular weight is 176 g/mol. The van der Waals surface area contributed by atoms with Crippen LogP contribution in [-0.2, 0) is 0 Å². The Morgan fingerprint density at radius 2 is 1.75 bits per heavy atom. The van der Waals surface area contributed by atoms with E-state index in [4.69, 9.17) is 8.58 Å². The molecule has 0 amide bonds. The molecule has 1 aliphatic rings. The molecule has 0 aromatic carbocycles. The van der Waals surface area contributed by atoms with Crippen molar-refractivity contribution in [2.24, 2.45) is 0 Å². The molecule has 1 rings (SSSR count). The molecule has 1 aliphatic heterocycles. The summed E-state index contributed by atoms with van der Waals surface area (Å²) in [7, 11) is 5.48. The summed E-state index contributed by atoms with van der Waals surface area (Å²) in [6.45, 7) is 0. The van der Waals surface area contributed by atoms with E-state index in [9.17, 15) is 0 Å². The van der Waals surface area contributed by atoms with Crippen LogP contribution in [0.3, 0.4) is 0 Å². The molecule has 0 bridgehead atoms. The minimum atomic E-state index is -1.16. The van der Waals surface area contributed by atoms with Crippen molar-refractivity contribution in [3.8, 4) is 0 Å². The quantitative estimate of drug-likeness (QED) is 0.514. The summed E-state index contributed by atoms with van der Waals surface area (Å²) >= 11 is -1.16. The van der Waals surface area contributed by atoms with Gasteiger partial charge in [-0.15, -0.1) is 0 Å². The summed E-state index contributed by atoms with van der Waals surface area (Å²) in [5.41, 5.74) is 0. The molecule has 1 heterocycles. The molecule has 0 saturated carbocycles. The zero-order chi connectivity index (χ0) is 2.99. The van der Waals surface area contributed by atoms with Crippen LogP contribution in [0.15, 0.2) is 7.67 Å². The molecule has 4 heavy (non-hydrogen) atoms. The first-order valence-corrected chi connectivity index (χ1v) is 9.20. The van der Waals surface area contributed by atoms with Gasteiger partial charge in [-0.25, -0.2) is 0 Å². The second kappa shape index (κ2) is 0.942. The van der Waals surface area contributed by atoms with Crippen LogP contribution in [0.5, 0.6) is 0 Å². The van der Waals surface area contributed by atoms with Crippen molar-refractivity contribution in [1.82, 2.24) is 0 Å². The Morgan fingerprint density at radius 1 is 1.50 bits per heavy atom. The summed E-state index contributed by atoms with van der Waals surface area (Å²) in [6.07, 6.45) is 0. The summed E-state index contributed by atoms with van der Waals surface area (Å²) < 4.78 is 4.28. The van der Waals surface area contributed by atoms with Crippen molar-refractivity contribution < 1.29 is 0 Å². The van der Waals surface area contributed by atoms with E-state index in [1.165, 1.54) is 0 Å². The second-order valence-corrected chi connectivity index (χ2v) is 8.94. The molecule has 0 saturated heterocycles. The van der Waals surface area contributed by atoms with Gasteiger partial charge in [0.05, 0.1) is 0 Å². The van der Waals surface area contributed by atoms with Crippen LogP contribution >= 0.6 is 8.58 Å². The molecule has 0 N–H and O–H groups in total. The van der Waals surface area contributed by atoms with Crippen LogP contribution < -0.4 is 0 Å². The molecule has 0 atom stereocenters. The van der Waals surface area contributed by atoms with Crippen molar-refractivity contribution >= 4 is 28.8 Å². The normalized spacial score (nSPS) is 17.8. The molecule has 0 aliphatic carbocycles. The van der Waals surface area contributed by atoms with E-state index in [0.29, 0.717) is 0 Å². The van der Waals surface area contributed by atoms with Gasteiger partial charge in [-0.1, -0.05) is 0 Å². The molecule has 0 aromatic heterocycles. The van der Waals surface area contributed by atoms with Crippen LogP contribution in [0.1, 0.15) is 0 Å². The van der Waals surface area contributed by atoms with Crippen LogP contribution in [0.4, 0.5) is 0 Å². The number of halogens is 1. The average Bonchev–Trinajstić information content (AvgIpc) is 1.75. The van der Waals surface area contributed by atoms with E-state index in [-0.39, 0.29) is 0 Å². The van der Waals surface area contributed by atoms with Crippen molar-refractivity contribution in [3.63, 3.8) is 0 Å². The maximum atomic E-state index is 5.48. The first kappa shape index (κ1) is 3.10. The third-order valence-electron chi connectivity index (χ3n) is 0.338. The Labute approximate surface area is 36.6 Å². The van der Waals surface area contributed by atoms with Crippen molar-refractivity contribution in [2.45, 2.75) is 0 Å². The summed E-state index contributed by atoms with van der Waals surface area (Å²) in [4.78, 5) is 0. The fourth-order valence-corrected chi connectivity index (χ4v) is 5.67. The molecule has 0 radical (unpaired) electrons. The fourth-order valence-electron chi connectivity index (χ4n) is 0.0420. The zero-order valence-corrected chi connectivity index (χ0v) is 6.16. The Morgan fingerprint density at radius 3 is 1.75 bits per heavy atom. The topological polar surface area (TPSA) is 0 Å². The molecule has 0 unspecified atom stereocenters. The summed E-state index contributed by atoms with van der Waals surface area (Å²) in [6, 6.07) is 0. The Kier molecular flexibility index (Phi) is 0.731. The van der Waals surface area contributed by atoms with E-state index < -0.39 is 20.3 Å². The van der Waals surface area contributed by atoms with E-state index in [0.717, 1.165) is 0 Å². The van der Waals surface area contributed by atoms with Gasteiger partial charge >= 0.3 is 36.5 Å². The standard InChI is InChI=1S/C2H2.ClH.In/c1-2;;/h1-2H;1H;/q;;+1/p-1. The van der Waals surface area contributed by atoms with Gasteiger partial charge in [0.15, 0.2) is 0 Å². The van der Waals surface area contributed by atoms with Crippen LogP contribution in [0, 0.1) is 0 Å². The van der Waals surface area contributed by atoms with Crippen molar-refractivity contribution in [2.75, 3.05) is 0 Å². The molecular formula is C2H2ClIn. The van der Waals surface area contributed by atoms with Gasteiger partial charge in [0, 0.05) is 0 Å². The number of hydrogen-bond acceptors (Lipinski definition) is 0. The molecule has 0 aromatic rings. The van der Waals surface area contributed by atoms with Gasteiger partial charge in [0.25, 0.3) is 0 Å². The third-order valence-corrected chi connectivity index (χ3v) is 4.22. The molecule has 0 nitrogen and oxygen atoms in total. The first-order chi connectivity index (χ1) is 1.89. The molecule has 0 spiro atoms. The molecule has 2 heteroatoms. The monoisotopic (exact) mass is 176 g/mol. The van der Waals surface area contributed by atoms with Crippen LogP contribution in [0.2, 0.25) is 0 Å². The number of rotatable bonds is 0. The third kappa shape index (κ3) is 0.688. The molecule has 20 valence electrons. The van der Waals surface area contributed by atoms with E-state index >= 15 is 0 Å². The molecular weight excluding hydrogens is 174 g/mol. The first-order valence-electron chi connectivity index (χ1n) is 1.22. The summed E-state index contributed by atoms with van der Waals surface area (Å²) in [5.74, 6) is 0. The summed E-state index contributed by atoms with van der Waals surface area (Å²) in [5, 5.41) is 0. The second-order valence-electron chi connectivity index (χ2n) is 0.829. The Hall–Kier alpha value is 0.900. The van der Waals surface area contributed by atoms with E-state index in [2.05, 4.69) is 7.67 Å². The van der Waals surface area contributed by atoms with E-state index in [1.807, 2.05) is 0 Å². The van der Waals surface area contributed by atoms with Gasteiger partial charge in [-0.3, -0.25) is 0 Å². The van der Waals surface area contributed by atoms with Gasteiger partial charge < -0.3 is 0 Å². The Balaban J connectivity index is 2.32. The maximum absolute atomic E-state index is 5.48. The molecule has 0 fully saturated rings. The van der Waals surface area contributed by atoms with Gasteiger partial charge in [0.1, 0.15) is 0 Å². The predicted octanol–water partition coefficient (Wildman–Crippen LogP) is 0.865. The predicted molar refractivity (Wildman–Crippen MR) is 20.7 cm³/mol.